The van der Waals surface area contributed by atoms with Crippen molar-refractivity contribution in [2.75, 3.05) is 7.05 Å². The van der Waals surface area contributed by atoms with Crippen molar-refractivity contribution in [3.8, 4) is 5.75 Å². The van der Waals surface area contributed by atoms with E-state index < -0.39 is 0 Å². The first kappa shape index (κ1) is 13.1. The fraction of sp³-hybridized carbons (Fsp3) is 0.286. The van der Waals surface area contributed by atoms with Gasteiger partial charge in [0.25, 0.3) is 5.91 Å². The van der Waals surface area contributed by atoms with E-state index in [1.807, 2.05) is 26.0 Å². The Morgan fingerprint density at radius 2 is 2.00 bits per heavy atom. The Bertz CT molecular complexity index is 575. The first-order chi connectivity index (χ1) is 9.00. The first-order valence-corrected chi connectivity index (χ1v) is 6.06. The van der Waals surface area contributed by atoms with Crippen LogP contribution in [-0.2, 0) is 0 Å². The molecule has 0 fully saturated rings. The molecule has 0 radical (unpaired) electrons. The first-order valence-electron chi connectivity index (χ1n) is 6.06. The zero-order valence-electron chi connectivity index (χ0n) is 11.2. The summed E-state index contributed by atoms with van der Waals surface area (Å²) in [5.74, 6) is 0.141. The predicted octanol–water partition coefficient (Wildman–Crippen LogP) is 2.26. The molecule has 100 valence electrons. The van der Waals surface area contributed by atoms with Gasteiger partial charge < -0.3 is 10.0 Å². The molecule has 5 nitrogen and oxygen atoms in total. The lowest BCUT2D eigenvalue weighted by atomic mass is 10.1. The van der Waals surface area contributed by atoms with Crippen molar-refractivity contribution in [1.29, 1.82) is 0 Å². The van der Waals surface area contributed by atoms with Gasteiger partial charge in [-0.05, 0) is 31.5 Å². The summed E-state index contributed by atoms with van der Waals surface area (Å²) < 4.78 is 0. The molecule has 5 heteroatoms. The molecule has 0 aliphatic rings. The Kier molecular flexibility index (Phi) is 3.55. The number of aryl methyl sites for hydroxylation is 1. The second-order valence-corrected chi connectivity index (χ2v) is 4.59. The van der Waals surface area contributed by atoms with E-state index in [2.05, 4.69) is 10.2 Å². The number of aromatic amines is 1. The number of phenols is 1. The van der Waals surface area contributed by atoms with Crippen molar-refractivity contribution < 1.29 is 9.90 Å². The average Bonchev–Trinajstić information content (AvgIpc) is 2.83. The fourth-order valence-corrected chi connectivity index (χ4v) is 1.91. The Labute approximate surface area is 111 Å². The van der Waals surface area contributed by atoms with Crippen molar-refractivity contribution in [1.82, 2.24) is 15.1 Å². The third kappa shape index (κ3) is 2.59. The topological polar surface area (TPSA) is 69.2 Å². The van der Waals surface area contributed by atoms with Crippen molar-refractivity contribution in [2.45, 2.75) is 19.9 Å². The van der Waals surface area contributed by atoms with Crippen LogP contribution < -0.4 is 0 Å². The molecule has 2 rings (SSSR count). The van der Waals surface area contributed by atoms with Gasteiger partial charge in [0, 0.05) is 12.7 Å². The van der Waals surface area contributed by atoms with Gasteiger partial charge in [0.15, 0.2) is 0 Å². The lowest BCUT2D eigenvalue weighted by Gasteiger charge is -2.25. The molecule has 0 aliphatic carbocycles. The summed E-state index contributed by atoms with van der Waals surface area (Å²) in [6.45, 7) is 3.76. The third-order valence-electron chi connectivity index (χ3n) is 3.34. The van der Waals surface area contributed by atoms with Crippen LogP contribution in [0.3, 0.4) is 0 Å². The number of hydrogen-bond acceptors (Lipinski definition) is 3. The van der Waals surface area contributed by atoms with Crippen LogP contribution in [-0.4, -0.2) is 33.2 Å². The molecule has 19 heavy (non-hydrogen) atoms. The maximum atomic E-state index is 12.3. The lowest BCUT2D eigenvalue weighted by molar-refractivity contribution is 0.0742. The molecule has 1 unspecified atom stereocenters. The Balaban J connectivity index is 2.19. The largest absolute Gasteiger partial charge is 0.508 e. The molecule has 0 bridgehead atoms. The van der Waals surface area contributed by atoms with E-state index in [1.54, 1.807) is 24.1 Å². The molecule has 0 saturated carbocycles. The van der Waals surface area contributed by atoms with Crippen LogP contribution in [0.25, 0.3) is 0 Å². The number of phenolic OH excluding ortho intramolecular Hbond substituents is 1. The predicted molar refractivity (Wildman–Crippen MR) is 71.9 cm³/mol. The number of carbonyl (C=O) groups is 1. The zero-order valence-corrected chi connectivity index (χ0v) is 11.2. The highest BCUT2D eigenvalue weighted by atomic mass is 16.3. The van der Waals surface area contributed by atoms with E-state index in [-0.39, 0.29) is 17.7 Å². The summed E-state index contributed by atoms with van der Waals surface area (Å²) in [4.78, 5) is 14.0. The van der Waals surface area contributed by atoms with Gasteiger partial charge in [-0.25, -0.2) is 0 Å². The Hall–Kier alpha value is -2.30. The summed E-state index contributed by atoms with van der Waals surface area (Å²) in [6.07, 6.45) is 1.54. The van der Waals surface area contributed by atoms with E-state index in [4.69, 9.17) is 0 Å². The van der Waals surface area contributed by atoms with Crippen LogP contribution in [0.5, 0.6) is 5.75 Å². The van der Waals surface area contributed by atoms with Gasteiger partial charge in [0.1, 0.15) is 5.75 Å². The number of benzene rings is 1. The summed E-state index contributed by atoms with van der Waals surface area (Å²) in [6, 6.07) is 6.78. The van der Waals surface area contributed by atoms with Gasteiger partial charge in [0.05, 0.1) is 17.8 Å². The van der Waals surface area contributed by atoms with E-state index in [1.165, 1.54) is 6.20 Å². The Morgan fingerprint density at radius 3 is 2.53 bits per heavy atom. The number of carbonyl (C=O) groups excluding carboxylic acids is 1. The number of amides is 1. The second kappa shape index (κ2) is 5.14. The molecule has 0 aliphatic heterocycles. The SMILES string of the molecule is Cc1[nH]ncc1C(=O)N(C)C(C)c1ccc(O)cc1. The van der Waals surface area contributed by atoms with E-state index >= 15 is 0 Å². The van der Waals surface area contributed by atoms with Gasteiger partial charge in [0.2, 0.25) is 0 Å². The second-order valence-electron chi connectivity index (χ2n) is 4.59. The van der Waals surface area contributed by atoms with Crippen LogP contribution in [0.15, 0.2) is 30.5 Å². The number of hydrogen-bond donors (Lipinski definition) is 2. The summed E-state index contributed by atoms with van der Waals surface area (Å²) in [7, 11) is 1.76. The zero-order chi connectivity index (χ0) is 14.0. The molecule has 1 amide bonds. The summed E-state index contributed by atoms with van der Waals surface area (Å²) >= 11 is 0. The van der Waals surface area contributed by atoms with Crippen LogP contribution in [0.2, 0.25) is 0 Å². The fourth-order valence-electron chi connectivity index (χ4n) is 1.91. The molecule has 1 heterocycles. The van der Waals surface area contributed by atoms with Gasteiger partial charge in [-0.1, -0.05) is 12.1 Å². The van der Waals surface area contributed by atoms with Crippen LogP contribution in [0.4, 0.5) is 0 Å². The highest BCUT2D eigenvalue weighted by Gasteiger charge is 2.21. The normalized spacial score (nSPS) is 12.2. The molecular weight excluding hydrogens is 242 g/mol. The minimum absolute atomic E-state index is 0.0770. The molecule has 0 spiro atoms. The molecule has 1 aromatic carbocycles. The Morgan fingerprint density at radius 1 is 1.37 bits per heavy atom. The lowest BCUT2D eigenvalue weighted by Crippen LogP contribution is -2.29. The maximum absolute atomic E-state index is 12.3. The smallest absolute Gasteiger partial charge is 0.257 e. The van der Waals surface area contributed by atoms with E-state index in [9.17, 15) is 9.90 Å². The van der Waals surface area contributed by atoms with Crippen molar-refractivity contribution in [3.05, 3.63) is 47.3 Å². The quantitative estimate of drug-likeness (QED) is 0.888. The maximum Gasteiger partial charge on any atom is 0.257 e. The summed E-state index contributed by atoms with van der Waals surface area (Å²) in [5.41, 5.74) is 2.30. The number of aromatic hydroxyl groups is 1. The van der Waals surface area contributed by atoms with Crippen molar-refractivity contribution in [3.63, 3.8) is 0 Å². The summed E-state index contributed by atoms with van der Waals surface area (Å²) in [5, 5.41) is 15.9. The van der Waals surface area contributed by atoms with Crippen molar-refractivity contribution in [2.24, 2.45) is 0 Å². The van der Waals surface area contributed by atoms with Gasteiger partial charge in [-0.15, -0.1) is 0 Å². The molecule has 1 aromatic heterocycles. The third-order valence-corrected chi connectivity index (χ3v) is 3.34. The molecule has 2 aromatic rings. The van der Waals surface area contributed by atoms with Crippen molar-refractivity contribution >= 4 is 5.91 Å². The minimum Gasteiger partial charge on any atom is -0.508 e. The molecular formula is C14H17N3O2. The highest BCUT2D eigenvalue weighted by molar-refractivity contribution is 5.95. The van der Waals surface area contributed by atoms with Gasteiger partial charge in [-0.3, -0.25) is 9.89 Å². The molecule has 0 saturated heterocycles. The number of H-pyrrole nitrogens is 1. The number of nitrogens with one attached hydrogen (secondary N) is 1. The number of aromatic nitrogens is 2. The molecule has 2 N–H and O–H groups in total. The average molecular weight is 259 g/mol. The monoisotopic (exact) mass is 259 g/mol. The van der Waals surface area contributed by atoms with E-state index in [0.29, 0.717) is 5.56 Å². The van der Waals surface area contributed by atoms with Crippen LogP contribution >= 0.6 is 0 Å². The standard InChI is InChI=1S/C14H17N3O2/c1-9-13(8-15-16-9)14(19)17(3)10(2)11-4-6-12(18)7-5-11/h4-8,10,18H,1-3H3,(H,15,16). The molecule has 1 atom stereocenters. The van der Waals surface area contributed by atoms with Crippen LogP contribution in [0, 0.1) is 6.92 Å². The van der Waals surface area contributed by atoms with E-state index in [0.717, 1.165) is 11.3 Å². The van der Waals surface area contributed by atoms with Gasteiger partial charge >= 0.3 is 0 Å². The van der Waals surface area contributed by atoms with Crippen LogP contribution in [0.1, 0.15) is 34.6 Å². The number of nitrogens with zero attached hydrogens (tertiary/aromatic N) is 2. The van der Waals surface area contributed by atoms with Gasteiger partial charge in [-0.2, -0.15) is 5.10 Å². The highest BCUT2D eigenvalue weighted by Crippen LogP contribution is 2.23. The minimum atomic E-state index is -0.0811. The number of rotatable bonds is 3.